The minimum Gasteiger partial charge on any atom is -0.469 e. The first-order valence-electron chi connectivity index (χ1n) is 9.37. The molecule has 0 unspecified atom stereocenters. The van der Waals surface area contributed by atoms with Gasteiger partial charge in [0.15, 0.2) is 0 Å². The van der Waals surface area contributed by atoms with Crippen LogP contribution in [0, 0.1) is 6.92 Å². The molecule has 1 aromatic rings. The number of aryl methyl sites for hydroxylation is 1. The van der Waals surface area contributed by atoms with Crippen LogP contribution in [0.15, 0.2) is 16.7 Å². The molecule has 3 rings (SSSR count). The summed E-state index contributed by atoms with van der Waals surface area (Å²) >= 11 is 0. The quantitative estimate of drug-likeness (QED) is 0.820. The van der Waals surface area contributed by atoms with E-state index in [-0.39, 0.29) is 24.0 Å². The van der Waals surface area contributed by atoms with E-state index in [4.69, 9.17) is 9.15 Å². The third-order valence-electron chi connectivity index (χ3n) is 5.27. The van der Waals surface area contributed by atoms with Gasteiger partial charge in [-0.1, -0.05) is 19.8 Å². The fourth-order valence-corrected chi connectivity index (χ4v) is 3.70. The molecule has 0 radical (unpaired) electrons. The number of amides is 2. The van der Waals surface area contributed by atoms with E-state index in [2.05, 4.69) is 0 Å². The average molecular weight is 348 g/mol. The second-order valence-electron chi connectivity index (χ2n) is 6.95. The summed E-state index contributed by atoms with van der Waals surface area (Å²) in [4.78, 5) is 28.9. The molecular weight excluding hydrogens is 320 g/mol. The number of hydrogen-bond donors (Lipinski definition) is 0. The Hall–Kier alpha value is -1.82. The van der Waals surface area contributed by atoms with E-state index in [9.17, 15) is 9.59 Å². The molecule has 6 heteroatoms. The SMILES string of the molecule is CC[C@H](OC1CCCC1)C(=O)N1CCN(C(=O)c2ccoc2C)CC1. The summed E-state index contributed by atoms with van der Waals surface area (Å²) in [6.07, 6.45) is 6.65. The van der Waals surface area contributed by atoms with Crippen molar-refractivity contribution in [3.8, 4) is 0 Å². The molecule has 2 fully saturated rings. The van der Waals surface area contributed by atoms with E-state index in [1.54, 1.807) is 17.9 Å². The lowest BCUT2D eigenvalue weighted by atomic mass is 10.1. The molecule has 1 aliphatic carbocycles. The minimum atomic E-state index is -0.346. The number of piperazine rings is 1. The van der Waals surface area contributed by atoms with Crippen molar-refractivity contribution in [1.82, 2.24) is 9.80 Å². The Bertz CT molecular complexity index is 598. The van der Waals surface area contributed by atoms with E-state index in [0.29, 0.717) is 43.9 Å². The summed E-state index contributed by atoms with van der Waals surface area (Å²) in [5.41, 5.74) is 0.607. The molecule has 1 atom stereocenters. The zero-order chi connectivity index (χ0) is 17.8. The van der Waals surface area contributed by atoms with Crippen molar-refractivity contribution in [2.24, 2.45) is 0 Å². The normalized spacial score (nSPS) is 20.1. The smallest absolute Gasteiger partial charge is 0.257 e. The number of carbonyl (C=O) groups is 2. The Balaban J connectivity index is 1.53. The Labute approximate surface area is 149 Å². The van der Waals surface area contributed by atoms with Crippen LogP contribution in [0.1, 0.15) is 55.1 Å². The van der Waals surface area contributed by atoms with E-state index in [1.165, 1.54) is 19.1 Å². The minimum absolute atomic E-state index is 0.0207. The summed E-state index contributed by atoms with van der Waals surface area (Å²) in [5.74, 6) is 0.688. The fourth-order valence-electron chi connectivity index (χ4n) is 3.70. The van der Waals surface area contributed by atoms with Gasteiger partial charge in [0.05, 0.1) is 17.9 Å². The highest BCUT2D eigenvalue weighted by Gasteiger charge is 2.31. The van der Waals surface area contributed by atoms with Gasteiger partial charge < -0.3 is 19.0 Å². The highest BCUT2D eigenvalue weighted by atomic mass is 16.5. The van der Waals surface area contributed by atoms with Crippen LogP contribution in [0.5, 0.6) is 0 Å². The number of nitrogens with zero attached hydrogens (tertiary/aromatic N) is 2. The summed E-state index contributed by atoms with van der Waals surface area (Å²) in [7, 11) is 0. The van der Waals surface area contributed by atoms with Crippen molar-refractivity contribution < 1.29 is 18.7 Å². The first kappa shape index (κ1) is 18.0. The number of rotatable bonds is 5. The van der Waals surface area contributed by atoms with Crippen molar-refractivity contribution in [2.75, 3.05) is 26.2 Å². The van der Waals surface area contributed by atoms with E-state index in [1.807, 2.05) is 11.8 Å². The predicted octanol–water partition coefficient (Wildman–Crippen LogP) is 2.61. The van der Waals surface area contributed by atoms with Gasteiger partial charge in [-0.25, -0.2) is 0 Å². The lowest BCUT2D eigenvalue weighted by molar-refractivity contribution is -0.149. The van der Waals surface area contributed by atoms with Crippen LogP contribution in [-0.4, -0.2) is 60.0 Å². The van der Waals surface area contributed by atoms with E-state index < -0.39 is 0 Å². The van der Waals surface area contributed by atoms with Crippen LogP contribution in [0.3, 0.4) is 0 Å². The third kappa shape index (κ3) is 4.06. The van der Waals surface area contributed by atoms with Crippen LogP contribution < -0.4 is 0 Å². The maximum Gasteiger partial charge on any atom is 0.257 e. The lowest BCUT2D eigenvalue weighted by Gasteiger charge is -2.36. The van der Waals surface area contributed by atoms with Crippen molar-refractivity contribution in [2.45, 2.75) is 58.2 Å². The molecule has 0 N–H and O–H groups in total. The Kier molecular flexibility index (Phi) is 5.78. The first-order chi connectivity index (χ1) is 12.1. The van der Waals surface area contributed by atoms with Gasteiger partial charge in [0.2, 0.25) is 0 Å². The molecule has 1 saturated heterocycles. The number of carbonyl (C=O) groups excluding carboxylic acids is 2. The molecule has 0 spiro atoms. The van der Waals surface area contributed by atoms with Crippen molar-refractivity contribution >= 4 is 11.8 Å². The molecule has 2 aliphatic rings. The maximum atomic E-state index is 12.8. The van der Waals surface area contributed by atoms with E-state index >= 15 is 0 Å². The molecule has 1 saturated carbocycles. The van der Waals surface area contributed by atoms with Crippen molar-refractivity contribution in [1.29, 1.82) is 0 Å². The Morgan fingerprint density at radius 1 is 1.20 bits per heavy atom. The van der Waals surface area contributed by atoms with Crippen LogP contribution >= 0.6 is 0 Å². The van der Waals surface area contributed by atoms with Gasteiger partial charge in [-0.2, -0.15) is 0 Å². The third-order valence-corrected chi connectivity index (χ3v) is 5.27. The average Bonchev–Trinajstić information content (AvgIpc) is 3.30. The number of hydrogen-bond acceptors (Lipinski definition) is 4. The lowest BCUT2D eigenvalue weighted by Crippen LogP contribution is -2.53. The van der Waals surface area contributed by atoms with Gasteiger partial charge >= 0.3 is 0 Å². The van der Waals surface area contributed by atoms with Crippen LogP contribution in [0.4, 0.5) is 0 Å². The summed E-state index contributed by atoms with van der Waals surface area (Å²) in [5, 5.41) is 0. The van der Waals surface area contributed by atoms with Gasteiger partial charge in [0, 0.05) is 26.2 Å². The molecular formula is C19H28N2O4. The first-order valence-corrected chi connectivity index (χ1v) is 9.37. The van der Waals surface area contributed by atoms with Gasteiger partial charge in [0.25, 0.3) is 11.8 Å². The van der Waals surface area contributed by atoms with Gasteiger partial charge in [-0.05, 0) is 32.3 Å². The number of ether oxygens (including phenoxy) is 1. The summed E-state index contributed by atoms with van der Waals surface area (Å²) in [6, 6.07) is 1.71. The molecule has 0 bridgehead atoms. The van der Waals surface area contributed by atoms with Crippen LogP contribution in [-0.2, 0) is 9.53 Å². The number of furan rings is 1. The molecule has 2 heterocycles. The molecule has 1 aliphatic heterocycles. The summed E-state index contributed by atoms with van der Waals surface area (Å²) in [6.45, 7) is 6.01. The topological polar surface area (TPSA) is 63.0 Å². The summed E-state index contributed by atoms with van der Waals surface area (Å²) < 4.78 is 11.3. The highest BCUT2D eigenvalue weighted by molar-refractivity contribution is 5.95. The van der Waals surface area contributed by atoms with E-state index in [0.717, 1.165) is 12.8 Å². The Morgan fingerprint density at radius 3 is 2.40 bits per heavy atom. The zero-order valence-corrected chi connectivity index (χ0v) is 15.2. The molecule has 0 aromatic carbocycles. The molecule has 1 aromatic heterocycles. The molecule has 6 nitrogen and oxygen atoms in total. The largest absolute Gasteiger partial charge is 0.469 e. The standard InChI is InChI=1S/C19H28N2O4/c1-3-17(25-15-6-4-5-7-15)19(23)21-11-9-20(10-12-21)18(22)16-8-13-24-14(16)2/h8,13,15,17H,3-7,9-12H2,1-2H3/t17-/m0/s1. The Morgan fingerprint density at radius 2 is 1.84 bits per heavy atom. The monoisotopic (exact) mass is 348 g/mol. The second-order valence-corrected chi connectivity index (χ2v) is 6.95. The zero-order valence-electron chi connectivity index (χ0n) is 15.2. The molecule has 138 valence electrons. The molecule has 2 amide bonds. The molecule has 25 heavy (non-hydrogen) atoms. The van der Waals surface area contributed by atoms with Crippen LogP contribution in [0.2, 0.25) is 0 Å². The van der Waals surface area contributed by atoms with Crippen molar-refractivity contribution in [3.63, 3.8) is 0 Å². The second kappa shape index (κ2) is 8.04. The van der Waals surface area contributed by atoms with Gasteiger partial charge in [-0.3, -0.25) is 9.59 Å². The van der Waals surface area contributed by atoms with Gasteiger partial charge in [0.1, 0.15) is 11.9 Å². The predicted molar refractivity (Wildman–Crippen MR) is 93.3 cm³/mol. The van der Waals surface area contributed by atoms with Crippen LogP contribution in [0.25, 0.3) is 0 Å². The van der Waals surface area contributed by atoms with Crippen molar-refractivity contribution in [3.05, 3.63) is 23.7 Å². The maximum absolute atomic E-state index is 12.8. The fraction of sp³-hybridized carbons (Fsp3) is 0.684. The highest BCUT2D eigenvalue weighted by Crippen LogP contribution is 2.24. The van der Waals surface area contributed by atoms with Gasteiger partial charge in [-0.15, -0.1) is 0 Å².